The number of fused-ring (bicyclic) bond motifs is 1. The van der Waals surface area contributed by atoms with Crippen LogP contribution in [-0.4, -0.2) is 32.8 Å². The highest BCUT2D eigenvalue weighted by Crippen LogP contribution is 2.40. The molecule has 2 aromatic carbocycles. The molecule has 0 radical (unpaired) electrons. The van der Waals surface area contributed by atoms with Gasteiger partial charge in [0, 0.05) is 31.9 Å². The second-order valence-corrected chi connectivity index (χ2v) is 6.03. The fraction of sp³-hybridized carbons (Fsp3) is 0.211. The van der Waals surface area contributed by atoms with Crippen LogP contribution in [0.4, 0.5) is 5.69 Å². The van der Waals surface area contributed by atoms with Gasteiger partial charge in [0.1, 0.15) is 0 Å². The summed E-state index contributed by atoms with van der Waals surface area (Å²) >= 11 is 6.12. The van der Waals surface area contributed by atoms with Crippen LogP contribution in [0.3, 0.4) is 0 Å². The van der Waals surface area contributed by atoms with Crippen LogP contribution in [0.2, 0.25) is 5.02 Å². The van der Waals surface area contributed by atoms with Gasteiger partial charge in [-0.05, 0) is 35.9 Å². The van der Waals surface area contributed by atoms with Crippen LogP contribution in [0.25, 0.3) is 6.08 Å². The summed E-state index contributed by atoms with van der Waals surface area (Å²) in [6.07, 6.45) is 3.18. The lowest BCUT2D eigenvalue weighted by Gasteiger charge is -2.19. The number of hydrogen-bond acceptors (Lipinski definition) is 4. The van der Waals surface area contributed by atoms with Crippen molar-refractivity contribution in [3.8, 4) is 11.5 Å². The monoisotopic (exact) mass is 358 g/mol. The third-order valence-electron chi connectivity index (χ3n) is 3.82. The normalized spacial score (nSPS) is 12.4. The van der Waals surface area contributed by atoms with E-state index in [1.165, 1.54) is 6.08 Å². The third kappa shape index (κ3) is 4.45. The van der Waals surface area contributed by atoms with Crippen molar-refractivity contribution in [1.29, 1.82) is 0 Å². The first-order valence-corrected chi connectivity index (χ1v) is 8.32. The number of ether oxygens (including phenoxy) is 2. The molecule has 0 aromatic heterocycles. The zero-order valence-corrected chi connectivity index (χ0v) is 14.6. The van der Waals surface area contributed by atoms with E-state index in [2.05, 4.69) is 10.2 Å². The standard InChI is InChI=1S/C19H19ClN2O3/c1-22(15-5-3-2-4-6-15)10-9-21-18(23)8-7-14-11-16(20)19-17(12-14)24-13-25-19/h2-8,11-12H,9-10,13H2,1H3,(H,21,23)/b8-7+. The first-order valence-electron chi connectivity index (χ1n) is 7.95. The Balaban J connectivity index is 1.49. The molecule has 0 atom stereocenters. The molecule has 1 aliphatic rings. The lowest BCUT2D eigenvalue weighted by atomic mass is 10.2. The highest BCUT2D eigenvalue weighted by Gasteiger charge is 2.17. The summed E-state index contributed by atoms with van der Waals surface area (Å²) in [5, 5.41) is 3.34. The molecule has 6 heteroatoms. The molecular weight excluding hydrogens is 340 g/mol. The molecule has 130 valence electrons. The Labute approximate surface area is 151 Å². The minimum absolute atomic E-state index is 0.157. The smallest absolute Gasteiger partial charge is 0.244 e. The lowest BCUT2D eigenvalue weighted by molar-refractivity contribution is -0.116. The van der Waals surface area contributed by atoms with Gasteiger partial charge in [0.2, 0.25) is 12.7 Å². The van der Waals surface area contributed by atoms with Crippen LogP contribution < -0.4 is 19.7 Å². The van der Waals surface area contributed by atoms with Crippen LogP contribution in [0.1, 0.15) is 5.56 Å². The molecule has 0 saturated heterocycles. The number of nitrogens with one attached hydrogen (secondary N) is 1. The van der Waals surface area contributed by atoms with E-state index in [4.69, 9.17) is 21.1 Å². The van der Waals surface area contributed by atoms with E-state index in [0.29, 0.717) is 23.1 Å². The number of para-hydroxylation sites is 1. The number of amides is 1. The molecule has 5 nitrogen and oxygen atoms in total. The Morgan fingerprint density at radius 2 is 2.08 bits per heavy atom. The highest BCUT2D eigenvalue weighted by molar-refractivity contribution is 6.32. The minimum Gasteiger partial charge on any atom is -0.454 e. The Morgan fingerprint density at radius 3 is 2.88 bits per heavy atom. The molecule has 0 aliphatic carbocycles. The fourth-order valence-corrected chi connectivity index (χ4v) is 2.75. The Hall–Kier alpha value is -2.66. The van der Waals surface area contributed by atoms with Crippen LogP contribution in [0.5, 0.6) is 11.5 Å². The van der Waals surface area contributed by atoms with Crippen LogP contribution in [0.15, 0.2) is 48.5 Å². The summed E-state index contributed by atoms with van der Waals surface area (Å²) in [5.41, 5.74) is 1.90. The van der Waals surface area contributed by atoms with Gasteiger partial charge >= 0.3 is 0 Å². The summed E-state index contributed by atoms with van der Waals surface area (Å²) < 4.78 is 10.6. The molecule has 1 heterocycles. The van der Waals surface area contributed by atoms with Gasteiger partial charge in [0.05, 0.1) is 5.02 Å². The van der Waals surface area contributed by atoms with Gasteiger partial charge in [0.15, 0.2) is 11.5 Å². The average molecular weight is 359 g/mol. The molecule has 0 bridgehead atoms. The molecule has 25 heavy (non-hydrogen) atoms. The Morgan fingerprint density at radius 1 is 1.28 bits per heavy atom. The number of likely N-dealkylation sites (N-methyl/N-ethyl adjacent to an activating group) is 1. The molecule has 2 aromatic rings. The van der Waals surface area contributed by atoms with Crippen LogP contribution in [-0.2, 0) is 4.79 Å². The molecule has 0 spiro atoms. The van der Waals surface area contributed by atoms with E-state index in [1.807, 2.05) is 37.4 Å². The zero-order valence-electron chi connectivity index (χ0n) is 13.9. The van der Waals surface area contributed by atoms with Gasteiger partial charge in [-0.15, -0.1) is 0 Å². The van der Waals surface area contributed by atoms with Crippen molar-refractivity contribution in [1.82, 2.24) is 5.32 Å². The highest BCUT2D eigenvalue weighted by atomic mass is 35.5. The van der Waals surface area contributed by atoms with E-state index in [0.717, 1.165) is 17.8 Å². The van der Waals surface area contributed by atoms with Gasteiger partial charge < -0.3 is 19.7 Å². The van der Waals surface area contributed by atoms with Crippen molar-refractivity contribution >= 4 is 29.3 Å². The second kappa shape index (κ2) is 7.94. The average Bonchev–Trinajstić information content (AvgIpc) is 3.10. The maximum Gasteiger partial charge on any atom is 0.244 e. The van der Waals surface area contributed by atoms with Crippen LogP contribution >= 0.6 is 11.6 Å². The third-order valence-corrected chi connectivity index (χ3v) is 4.10. The quantitative estimate of drug-likeness (QED) is 0.805. The molecule has 1 aliphatic heterocycles. The van der Waals surface area contributed by atoms with Crippen molar-refractivity contribution in [2.24, 2.45) is 0 Å². The lowest BCUT2D eigenvalue weighted by Crippen LogP contribution is -2.31. The maximum atomic E-state index is 11.9. The Kier molecular flexibility index (Phi) is 5.46. The van der Waals surface area contributed by atoms with Crippen LogP contribution in [0, 0.1) is 0 Å². The van der Waals surface area contributed by atoms with E-state index in [1.54, 1.807) is 18.2 Å². The molecule has 0 fully saturated rings. The summed E-state index contributed by atoms with van der Waals surface area (Å²) in [6.45, 7) is 1.44. The summed E-state index contributed by atoms with van der Waals surface area (Å²) in [5.74, 6) is 0.986. The van der Waals surface area contributed by atoms with Gasteiger partial charge in [-0.2, -0.15) is 0 Å². The van der Waals surface area contributed by atoms with Gasteiger partial charge in [-0.25, -0.2) is 0 Å². The molecule has 0 unspecified atom stereocenters. The number of halogens is 1. The number of carbonyl (C=O) groups excluding carboxylic acids is 1. The molecule has 0 saturated carbocycles. The van der Waals surface area contributed by atoms with Gasteiger partial charge in [-0.1, -0.05) is 29.8 Å². The van der Waals surface area contributed by atoms with E-state index >= 15 is 0 Å². The van der Waals surface area contributed by atoms with E-state index < -0.39 is 0 Å². The predicted molar refractivity (Wildman–Crippen MR) is 99.3 cm³/mol. The number of benzene rings is 2. The van der Waals surface area contributed by atoms with Crippen molar-refractivity contribution in [2.75, 3.05) is 31.8 Å². The number of hydrogen-bond donors (Lipinski definition) is 1. The molecule has 3 rings (SSSR count). The summed E-state index contributed by atoms with van der Waals surface area (Å²) in [7, 11) is 1.99. The molecular formula is C19H19ClN2O3. The van der Waals surface area contributed by atoms with Crippen molar-refractivity contribution in [3.05, 3.63) is 59.1 Å². The minimum atomic E-state index is -0.157. The van der Waals surface area contributed by atoms with Gasteiger partial charge in [0.25, 0.3) is 0 Å². The second-order valence-electron chi connectivity index (χ2n) is 5.62. The van der Waals surface area contributed by atoms with Crippen molar-refractivity contribution in [2.45, 2.75) is 0 Å². The van der Waals surface area contributed by atoms with E-state index in [9.17, 15) is 4.79 Å². The first-order chi connectivity index (χ1) is 12.1. The number of carbonyl (C=O) groups is 1. The van der Waals surface area contributed by atoms with E-state index in [-0.39, 0.29) is 12.7 Å². The largest absolute Gasteiger partial charge is 0.454 e. The molecule has 1 amide bonds. The number of nitrogens with zero attached hydrogens (tertiary/aromatic N) is 1. The Bertz CT molecular complexity index is 778. The first kappa shape index (κ1) is 17.2. The zero-order chi connectivity index (χ0) is 17.6. The fourth-order valence-electron chi connectivity index (χ4n) is 2.47. The number of anilines is 1. The van der Waals surface area contributed by atoms with Crippen molar-refractivity contribution < 1.29 is 14.3 Å². The molecule has 1 N–H and O–H groups in total. The topological polar surface area (TPSA) is 50.8 Å². The SMILES string of the molecule is CN(CCNC(=O)/C=C/c1cc(Cl)c2c(c1)OCO2)c1ccccc1. The maximum absolute atomic E-state index is 11.9. The number of rotatable bonds is 6. The van der Waals surface area contributed by atoms with Crippen molar-refractivity contribution in [3.63, 3.8) is 0 Å². The summed E-state index contributed by atoms with van der Waals surface area (Å²) in [4.78, 5) is 14.0. The predicted octanol–water partition coefficient (Wildman–Crippen LogP) is 3.33. The van der Waals surface area contributed by atoms with Gasteiger partial charge in [-0.3, -0.25) is 4.79 Å². The summed E-state index contributed by atoms with van der Waals surface area (Å²) in [6, 6.07) is 13.6.